The third-order valence-electron chi connectivity index (χ3n) is 4.65. The molecule has 1 heterocycles. The van der Waals surface area contributed by atoms with Crippen molar-refractivity contribution in [3.8, 4) is 11.5 Å². The normalized spacial score (nSPS) is 14.5. The van der Waals surface area contributed by atoms with Crippen LogP contribution in [0.1, 0.15) is 5.56 Å². The lowest BCUT2D eigenvalue weighted by molar-refractivity contribution is 0.272. The minimum absolute atomic E-state index is 0.769. The van der Waals surface area contributed by atoms with Crippen molar-refractivity contribution in [2.75, 3.05) is 31.1 Å². The first-order valence-electron chi connectivity index (χ1n) is 9.39. The molecule has 4 rings (SSSR count). The number of hydrogen-bond acceptors (Lipinski definition) is 4. The minimum atomic E-state index is 0.769. The van der Waals surface area contributed by atoms with Crippen molar-refractivity contribution in [2.24, 2.45) is 5.10 Å². The fraction of sp³-hybridized carbons (Fsp3) is 0.174. The van der Waals surface area contributed by atoms with E-state index in [1.54, 1.807) is 0 Å². The lowest BCUT2D eigenvalue weighted by Crippen LogP contribution is -2.44. The molecule has 3 aromatic rings. The molecule has 0 atom stereocenters. The number of piperazine rings is 1. The molecule has 1 aliphatic rings. The van der Waals surface area contributed by atoms with E-state index in [0.717, 1.165) is 48.3 Å². The van der Waals surface area contributed by atoms with Gasteiger partial charge in [-0.1, -0.05) is 41.9 Å². The molecule has 1 aliphatic heterocycles. The third kappa shape index (κ3) is 4.84. The van der Waals surface area contributed by atoms with E-state index in [0.29, 0.717) is 0 Å². The molecular weight excluding hydrogens is 370 g/mol. The molecule has 3 aromatic carbocycles. The van der Waals surface area contributed by atoms with Gasteiger partial charge in [0.15, 0.2) is 0 Å². The molecule has 142 valence electrons. The molecule has 0 unspecified atom stereocenters. The average molecular weight is 392 g/mol. The largest absolute Gasteiger partial charge is 0.457 e. The van der Waals surface area contributed by atoms with Crippen LogP contribution in [-0.4, -0.2) is 37.4 Å². The van der Waals surface area contributed by atoms with Gasteiger partial charge in [-0.25, -0.2) is 0 Å². The highest BCUT2D eigenvalue weighted by atomic mass is 35.5. The van der Waals surface area contributed by atoms with Gasteiger partial charge in [0.05, 0.1) is 19.3 Å². The Hall–Kier alpha value is -2.98. The Morgan fingerprint density at radius 3 is 2.25 bits per heavy atom. The number of hydrazone groups is 1. The Morgan fingerprint density at radius 1 is 0.786 bits per heavy atom. The number of rotatable bonds is 5. The molecule has 28 heavy (non-hydrogen) atoms. The maximum atomic E-state index is 5.97. The summed E-state index contributed by atoms with van der Waals surface area (Å²) in [5.41, 5.74) is 2.23. The standard InChI is InChI=1S/C23H22ClN3O/c24-20-9-11-21(12-10-20)26-13-15-27(16-14-26)25-18-19-5-4-8-23(17-19)28-22-6-2-1-3-7-22/h1-12,17-18H,13-16H2. The molecule has 0 saturated carbocycles. The Labute approximate surface area is 170 Å². The number of hydrogen-bond donors (Lipinski definition) is 0. The summed E-state index contributed by atoms with van der Waals surface area (Å²) < 4.78 is 5.89. The van der Waals surface area contributed by atoms with Gasteiger partial charge < -0.3 is 9.64 Å². The van der Waals surface area contributed by atoms with E-state index in [1.807, 2.05) is 72.9 Å². The van der Waals surface area contributed by atoms with Gasteiger partial charge in [0.1, 0.15) is 11.5 Å². The number of anilines is 1. The van der Waals surface area contributed by atoms with Gasteiger partial charge in [-0.3, -0.25) is 5.01 Å². The monoisotopic (exact) mass is 391 g/mol. The van der Waals surface area contributed by atoms with Crippen LogP contribution in [0.3, 0.4) is 0 Å². The Bertz CT molecular complexity index is 920. The van der Waals surface area contributed by atoms with Crippen LogP contribution in [0, 0.1) is 0 Å². The summed E-state index contributed by atoms with van der Waals surface area (Å²) in [6, 6.07) is 25.8. The first-order valence-corrected chi connectivity index (χ1v) is 9.76. The Balaban J connectivity index is 1.33. The van der Waals surface area contributed by atoms with Crippen LogP contribution in [0.25, 0.3) is 0 Å². The second-order valence-electron chi connectivity index (χ2n) is 6.65. The second-order valence-corrected chi connectivity index (χ2v) is 7.09. The van der Waals surface area contributed by atoms with Gasteiger partial charge in [0.2, 0.25) is 0 Å². The van der Waals surface area contributed by atoms with Crippen LogP contribution in [0.4, 0.5) is 5.69 Å². The predicted octanol–water partition coefficient (Wildman–Crippen LogP) is 5.29. The lowest BCUT2D eigenvalue weighted by Gasteiger charge is -2.34. The lowest BCUT2D eigenvalue weighted by atomic mass is 10.2. The topological polar surface area (TPSA) is 28.1 Å². The van der Waals surface area contributed by atoms with Crippen molar-refractivity contribution in [1.82, 2.24) is 5.01 Å². The molecule has 0 N–H and O–H groups in total. The summed E-state index contributed by atoms with van der Waals surface area (Å²) >= 11 is 5.97. The van der Waals surface area contributed by atoms with E-state index in [9.17, 15) is 0 Å². The smallest absolute Gasteiger partial charge is 0.128 e. The van der Waals surface area contributed by atoms with Crippen molar-refractivity contribution in [1.29, 1.82) is 0 Å². The molecule has 4 nitrogen and oxygen atoms in total. The molecule has 0 spiro atoms. The van der Waals surface area contributed by atoms with E-state index >= 15 is 0 Å². The van der Waals surface area contributed by atoms with Crippen LogP contribution in [0.15, 0.2) is 84.0 Å². The molecular formula is C23H22ClN3O. The van der Waals surface area contributed by atoms with E-state index in [1.165, 1.54) is 5.69 Å². The Morgan fingerprint density at radius 2 is 1.50 bits per heavy atom. The van der Waals surface area contributed by atoms with Crippen LogP contribution in [0.2, 0.25) is 5.02 Å². The fourth-order valence-corrected chi connectivity index (χ4v) is 3.28. The van der Waals surface area contributed by atoms with Crippen molar-refractivity contribution in [3.63, 3.8) is 0 Å². The summed E-state index contributed by atoms with van der Waals surface area (Å²) in [7, 11) is 0. The zero-order valence-electron chi connectivity index (χ0n) is 15.5. The van der Waals surface area contributed by atoms with Gasteiger partial charge in [-0.05, 0) is 54.1 Å². The SMILES string of the molecule is Clc1ccc(N2CCN(N=Cc3cccc(Oc4ccccc4)c3)CC2)cc1. The van der Waals surface area contributed by atoms with Crippen molar-refractivity contribution < 1.29 is 4.74 Å². The summed E-state index contributed by atoms with van der Waals surface area (Å²) in [5, 5.41) is 7.53. The number of halogens is 1. The van der Waals surface area contributed by atoms with E-state index in [4.69, 9.17) is 16.3 Å². The zero-order valence-corrected chi connectivity index (χ0v) is 16.3. The van der Waals surface area contributed by atoms with E-state index in [2.05, 4.69) is 27.1 Å². The van der Waals surface area contributed by atoms with E-state index in [-0.39, 0.29) is 0 Å². The first-order chi connectivity index (χ1) is 13.8. The van der Waals surface area contributed by atoms with Crippen molar-refractivity contribution >= 4 is 23.5 Å². The maximum Gasteiger partial charge on any atom is 0.128 e. The highest BCUT2D eigenvalue weighted by Gasteiger charge is 2.15. The highest BCUT2D eigenvalue weighted by molar-refractivity contribution is 6.30. The maximum absolute atomic E-state index is 5.97. The number of nitrogens with zero attached hydrogens (tertiary/aromatic N) is 3. The van der Waals surface area contributed by atoms with Crippen molar-refractivity contribution in [3.05, 3.63) is 89.4 Å². The predicted molar refractivity (Wildman–Crippen MR) is 116 cm³/mol. The van der Waals surface area contributed by atoms with Gasteiger partial charge >= 0.3 is 0 Å². The molecule has 0 aliphatic carbocycles. The third-order valence-corrected chi connectivity index (χ3v) is 4.91. The molecule has 0 bridgehead atoms. The van der Waals surface area contributed by atoms with Crippen LogP contribution < -0.4 is 9.64 Å². The first kappa shape index (κ1) is 18.4. The summed E-state index contributed by atoms with van der Waals surface area (Å²) in [6.45, 7) is 3.66. The van der Waals surface area contributed by atoms with Crippen molar-refractivity contribution in [2.45, 2.75) is 0 Å². The summed E-state index contributed by atoms with van der Waals surface area (Å²) in [4.78, 5) is 2.36. The van der Waals surface area contributed by atoms with Gasteiger partial charge in [-0.2, -0.15) is 5.10 Å². The summed E-state index contributed by atoms with van der Waals surface area (Å²) in [6.07, 6.45) is 1.90. The van der Waals surface area contributed by atoms with Gasteiger partial charge in [0.25, 0.3) is 0 Å². The van der Waals surface area contributed by atoms with Crippen LogP contribution in [-0.2, 0) is 0 Å². The quantitative estimate of drug-likeness (QED) is 0.553. The molecule has 0 aromatic heterocycles. The highest BCUT2D eigenvalue weighted by Crippen LogP contribution is 2.22. The van der Waals surface area contributed by atoms with Gasteiger partial charge in [-0.15, -0.1) is 0 Å². The molecule has 1 saturated heterocycles. The molecule has 0 amide bonds. The minimum Gasteiger partial charge on any atom is -0.457 e. The molecule has 5 heteroatoms. The van der Waals surface area contributed by atoms with Crippen LogP contribution in [0.5, 0.6) is 11.5 Å². The fourth-order valence-electron chi connectivity index (χ4n) is 3.15. The molecule has 1 fully saturated rings. The number of benzene rings is 3. The zero-order chi connectivity index (χ0) is 19.2. The van der Waals surface area contributed by atoms with E-state index < -0.39 is 0 Å². The average Bonchev–Trinajstić information content (AvgIpc) is 2.74. The summed E-state index contributed by atoms with van der Waals surface area (Å²) in [5.74, 6) is 1.64. The number of ether oxygens (including phenoxy) is 1. The number of para-hydroxylation sites is 1. The van der Waals surface area contributed by atoms with Crippen LogP contribution >= 0.6 is 11.6 Å². The van der Waals surface area contributed by atoms with Gasteiger partial charge in [0, 0.05) is 23.8 Å². The second kappa shape index (κ2) is 8.81. The Kier molecular flexibility index (Phi) is 5.78. The molecule has 0 radical (unpaired) electrons.